The molecule has 0 fully saturated rings. The van der Waals surface area contributed by atoms with Gasteiger partial charge in [-0.15, -0.1) is 0 Å². The van der Waals surface area contributed by atoms with Crippen molar-refractivity contribution in [3.8, 4) is 0 Å². The second-order valence-electron chi connectivity index (χ2n) is 5.95. The van der Waals surface area contributed by atoms with Gasteiger partial charge in [0.1, 0.15) is 0 Å². The first-order chi connectivity index (χ1) is 12.2. The van der Waals surface area contributed by atoms with E-state index in [0.717, 1.165) is 23.4 Å². The van der Waals surface area contributed by atoms with Gasteiger partial charge in [-0.05, 0) is 48.4 Å². The van der Waals surface area contributed by atoms with E-state index in [1.165, 1.54) is 12.1 Å². The number of aryl methyl sites for hydroxylation is 1. The molecule has 8 heteroatoms. The normalized spacial score (nSPS) is 14.0. The first-order valence-corrected chi connectivity index (χ1v) is 7.89. The Labute approximate surface area is 147 Å². The Morgan fingerprint density at radius 2 is 1.73 bits per heavy atom. The molecule has 1 heterocycles. The van der Waals surface area contributed by atoms with Crippen LogP contribution in [-0.2, 0) is 17.4 Å². The van der Waals surface area contributed by atoms with Crippen molar-refractivity contribution in [2.45, 2.75) is 19.0 Å². The Hall–Kier alpha value is -3.03. The van der Waals surface area contributed by atoms with Crippen LogP contribution in [0, 0.1) is 0 Å². The van der Waals surface area contributed by atoms with Gasteiger partial charge in [0.25, 0.3) is 0 Å². The highest BCUT2D eigenvalue weighted by molar-refractivity contribution is 6.01. The van der Waals surface area contributed by atoms with Crippen LogP contribution in [0.4, 0.5) is 35.0 Å². The third kappa shape index (κ3) is 3.79. The Morgan fingerprint density at radius 1 is 1.04 bits per heavy atom. The van der Waals surface area contributed by atoms with E-state index in [4.69, 9.17) is 0 Å². The molecule has 0 atom stereocenters. The number of amides is 3. The number of halogens is 3. The Morgan fingerprint density at radius 3 is 2.42 bits per heavy atom. The summed E-state index contributed by atoms with van der Waals surface area (Å²) in [4.78, 5) is 25.3. The van der Waals surface area contributed by atoms with Crippen LogP contribution in [0.2, 0.25) is 0 Å². The molecule has 136 valence electrons. The minimum absolute atomic E-state index is 0.0282. The number of fused-ring (bicyclic) bond motifs is 1. The van der Waals surface area contributed by atoms with Crippen molar-refractivity contribution < 1.29 is 22.8 Å². The molecule has 3 amide bonds. The molecule has 0 bridgehead atoms. The fourth-order valence-electron chi connectivity index (χ4n) is 2.80. The molecule has 0 aromatic heterocycles. The monoisotopic (exact) mass is 363 g/mol. The highest BCUT2D eigenvalue weighted by Crippen LogP contribution is 2.31. The number of benzene rings is 2. The fraction of sp³-hybridized carbons (Fsp3) is 0.222. The van der Waals surface area contributed by atoms with Crippen LogP contribution in [0.5, 0.6) is 0 Å². The van der Waals surface area contributed by atoms with E-state index in [2.05, 4.69) is 10.6 Å². The summed E-state index contributed by atoms with van der Waals surface area (Å²) in [6.45, 7) is 0. The lowest BCUT2D eigenvalue weighted by atomic mass is 10.0. The average molecular weight is 363 g/mol. The van der Waals surface area contributed by atoms with Crippen LogP contribution in [0.15, 0.2) is 42.5 Å². The molecule has 0 unspecified atom stereocenters. The summed E-state index contributed by atoms with van der Waals surface area (Å²) in [7, 11) is 1.69. The number of hydrogen-bond acceptors (Lipinski definition) is 2. The van der Waals surface area contributed by atoms with Gasteiger partial charge in [0, 0.05) is 30.5 Å². The summed E-state index contributed by atoms with van der Waals surface area (Å²) in [5.74, 6) is 0.0282. The van der Waals surface area contributed by atoms with E-state index in [1.54, 1.807) is 30.1 Å². The highest BCUT2D eigenvalue weighted by atomic mass is 19.4. The van der Waals surface area contributed by atoms with E-state index in [-0.39, 0.29) is 11.6 Å². The molecule has 5 nitrogen and oxygen atoms in total. The topological polar surface area (TPSA) is 61.4 Å². The maximum absolute atomic E-state index is 12.7. The Balaban J connectivity index is 1.70. The van der Waals surface area contributed by atoms with Crippen molar-refractivity contribution in [3.63, 3.8) is 0 Å². The lowest BCUT2D eigenvalue weighted by Gasteiger charge is -2.26. The van der Waals surface area contributed by atoms with Gasteiger partial charge in [0.05, 0.1) is 5.56 Å². The van der Waals surface area contributed by atoms with Crippen LogP contribution in [0.25, 0.3) is 0 Å². The zero-order chi connectivity index (χ0) is 18.9. The van der Waals surface area contributed by atoms with Gasteiger partial charge in [-0.3, -0.25) is 4.79 Å². The third-order valence-electron chi connectivity index (χ3n) is 4.13. The lowest BCUT2D eigenvalue weighted by Crippen LogP contribution is -2.31. The summed E-state index contributed by atoms with van der Waals surface area (Å²) in [5, 5.41) is 4.97. The number of alkyl halides is 3. The van der Waals surface area contributed by atoms with Gasteiger partial charge in [0.15, 0.2) is 0 Å². The van der Waals surface area contributed by atoms with Crippen molar-refractivity contribution in [1.82, 2.24) is 0 Å². The minimum atomic E-state index is -4.48. The summed E-state index contributed by atoms with van der Waals surface area (Å²) in [5.41, 5.74) is 1.41. The molecule has 2 aromatic carbocycles. The standard InChI is InChI=1S/C18H16F3N3O2/c1-24-15-7-6-14(9-11(15)5-8-16(24)25)23-17(26)22-13-4-2-3-12(10-13)18(19,20)21/h2-4,6-7,9-10H,5,8H2,1H3,(H2,22,23,26). The number of urea groups is 1. The van der Waals surface area contributed by atoms with Crippen LogP contribution in [0.1, 0.15) is 17.5 Å². The summed E-state index contributed by atoms with van der Waals surface area (Å²) >= 11 is 0. The minimum Gasteiger partial charge on any atom is -0.315 e. The van der Waals surface area contributed by atoms with Crippen molar-refractivity contribution in [1.29, 1.82) is 0 Å². The second-order valence-corrected chi connectivity index (χ2v) is 5.95. The molecule has 0 aliphatic carbocycles. The third-order valence-corrected chi connectivity index (χ3v) is 4.13. The largest absolute Gasteiger partial charge is 0.416 e. The Kier molecular flexibility index (Phi) is 4.58. The van der Waals surface area contributed by atoms with Gasteiger partial charge in [0.2, 0.25) is 5.91 Å². The van der Waals surface area contributed by atoms with Gasteiger partial charge >= 0.3 is 12.2 Å². The van der Waals surface area contributed by atoms with Gasteiger partial charge in [-0.2, -0.15) is 13.2 Å². The predicted octanol–water partition coefficient (Wildman–Crippen LogP) is 4.26. The molecule has 3 rings (SSSR count). The molecular weight excluding hydrogens is 347 g/mol. The van der Waals surface area contributed by atoms with E-state index in [1.807, 2.05) is 0 Å². The molecule has 0 saturated heterocycles. The van der Waals surface area contributed by atoms with Crippen molar-refractivity contribution >= 4 is 29.0 Å². The molecule has 26 heavy (non-hydrogen) atoms. The number of carbonyl (C=O) groups excluding carboxylic acids is 2. The summed E-state index contributed by atoms with van der Waals surface area (Å²) in [6, 6.07) is 8.88. The quantitative estimate of drug-likeness (QED) is 0.838. The molecule has 2 aromatic rings. The van der Waals surface area contributed by atoms with Crippen LogP contribution < -0.4 is 15.5 Å². The SMILES string of the molecule is CN1C(=O)CCc2cc(NC(=O)Nc3cccc(C(F)(F)F)c3)ccc21. The summed E-state index contributed by atoms with van der Waals surface area (Å²) in [6.07, 6.45) is -3.51. The van der Waals surface area contributed by atoms with Crippen LogP contribution in [-0.4, -0.2) is 19.0 Å². The number of nitrogens with zero attached hydrogens (tertiary/aromatic N) is 1. The fourth-order valence-corrected chi connectivity index (χ4v) is 2.80. The first kappa shape index (κ1) is 17.8. The Bertz CT molecular complexity index is 865. The number of anilines is 3. The van der Waals surface area contributed by atoms with E-state index in [9.17, 15) is 22.8 Å². The zero-order valence-electron chi connectivity index (χ0n) is 13.9. The van der Waals surface area contributed by atoms with Crippen molar-refractivity contribution in [3.05, 3.63) is 53.6 Å². The maximum atomic E-state index is 12.7. The molecule has 1 aliphatic heterocycles. The molecule has 1 aliphatic rings. The van der Waals surface area contributed by atoms with E-state index in [0.29, 0.717) is 18.5 Å². The molecular formula is C18H16F3N3O2. The average Bonchev–Trinajstić information content (AvgIpc) is 2.58. The van der Waals surface area contributed by atoms with Gasteiger partial charge in [-0.1, -0.05) is 6.07 Å². The van der Waals surface area contributed by atoms with Crippen molar-refractivity contribution in [2.24, 2.45) is 0 Å². The predicted molar refractivity (Wildman–Crippen MR) is 92.3 cm³/mol. The number of hydrogen-bond donors (Lipinski definition) is 2. The molecule has 0 spiro atoms. The second kappa shape index (κ2) is 6.70. The molecule has 2 N–H and O–H groups in total. The first-order valence-electron chi connectivity index (χ1n) is 7.89. The summed E-state index contributed by atoms with van der Waals surface area (Å²) < 4.78 is 38.1. The van der Waals surface area contributed by atoms with Crippen LogP contribution in [0.3, 0.4) is 0 Å². The molecule has 0 saturated carbocycles. The van der Waals surface area contributed by atoms with E-state index >= 15 is 0 Å². The number of nitrogens with one attached hydrogen (secondary N) is 2. The maximum Gasteiger partial charge on any atom is 0.416 e. The highest BCUT2D eigenvalue weighted by Gasteiger charge is 2.30. The zero-order valence-corrected chi connectivity index (χ0v) is 13.9. The van der Waals surface area contributed by atoms with Crippen LogP contribution >= 0.6 is 0 Å². The number of rotatable bonds is 2. The molecule has 0 radical (unpaired) electrons. The van der Waals surface area contributed by atoms with Crippen molar-refractivity contribution in [2.75, 3.05) is 22.6 Å². The lowest BCUT2D eigenvalue weighted by molar-refractivity contribution is -0.137. The van der Waals surface area contributed by atoms with Gasteiger partial charge in [-0.25, -0.2) is 4.79 Å². The van der Waals surface area contributed by atoms with E-state index < -0.39 is 17.8 Å². The number of carbonyl (C=O) groups is 2. The van der Waals surface area contributed by atoms with Gasteiger partial charge < -0.3 is 15.5 Å². The smallest absolute Gasteiger partial charge is 0.315 e.